The number of allylic oxidation sites excluding steroid dienone is 2. The maximum Gasteiger partial charge on any atom is 0.329 e. The molecule has 0 aromatic carbocycles. The van der Waals surface area contributed by atoms with Crippen LogP contribution in [-0.2, 0) is 13.6 Å². The molecule has 2 heterocycles. The number of hydrogen-bond acceptors (Lipinski definition) is 5. The second-order valence-electron chi connectivity index (χ2n) is 5.78. The number of aromatic amines is 1. The van der Waals surface area contributed by atoms with E-state index in [-0.39, 0.29) is 0 Å². The number of nitrogens with one attached hydrogen (secondary N) is 2. The highest BCUT2D eigenvalue weighted by Crippen LogP contribution is 2.16. The van der Waals surface area contributed by atoms with Crippen LogP contribution in [0.1, 0.15) is 20.8 Å². The number of anilines is 1. The molecule has 8 nitrogen and oxygen atoms in total. The van der Waals surface area contributed by atoms with Crippen LogP contribution >= 0.6 is 11.6 Å². The molecule has 2 rings (SSSR count). The van der Waals surface area contributed by atoms with Gasteiger partial charge < -0.3 is 14.8 Å². The topological polar surface area (TPSA) is 88.0 Å². The minimum absolute atomic E-state index is 0.347. The molecule has 2 N–H and O–H groups in total. The van der Waals surface area contributed by atoms with Crippen LogP contribution in [0, 0.1) is 0 Å². The number of halogens is 1. The van der Waals surface area contributed by atoms with Crippen LogP contribution in [0.3, 0.4) is 0 Å². The van der Waals surface area contributed by atoms with E-state index < -0.39 is 11.2 Å². The molecule has 25 heavy (non-hydrogen) atoms. The van der Waals surface area contributed by atoms with Crippen molar-refractivity contribution in [3.8, 4) is 0 Å². The van der Waals surface area contributed by atoms with E-state index in [1.165, 1.54) is 4.57 Å². The highest BCUT2D eigenvalue weighted by atomic mass is 35.5. The third-order valence-electron chi connectivity index (χ3n) is 4.17. The van der Waals surface area contributed by atoms with Crippen molar-refractivity contribution in [1.82, 2.24) is 24.0 Å². The molecule has 2 aromatic heterocycles. The Kier molecular flexibility index (Phi) is 6.44. The van der Waals surface area contributed by atoms with Crippen LogP contribution in [0.25, 0.3) is 11.2 Å². The summed E-state index contributed by atoms with van der Waals surface area (Å²) < 4.78 is 3.07. The summed E-state index contributed by atoms with van der Waals surface area (Å²) in [5.74, 6) is 0.544. The number of nitrogens with zero attached hydrogens (tertiary/aromatic N) is 4. The van der Waals surface area contributed by atoms with Crippen LogP contribution in [-0.4, -0.2) is 50.2 Å². The van der Waals surface area contributed by atoms with Gasteiger partial charge in [-0.1, -0.05) is 31.5 Å². The summed E-state index contributed by atoms with van der Waals surface area (Å²) in [5.41, 5.74) is -0.245. The quantitative estimate of drug-likeness (QED) is 0.733. The average Bonchev–Trinajstić information content (AvgIpc) is 2.94. The summed E-state index contributed by atoms with van der Waals surface area (Å²) in [6.45, 7) is 9.86. The molecule has 0 saturated carbocycles. The molecule has 0 aliphatic carbocycles. The first-order valence-electron chi connectivity index (χ1n) is 8.37. The number of aryl methyl sites for hydroxylation is 1. The van der Waals surface area contributed by atoms with E-state index in [0.717, 1.165) is 19.6 Å². The summed E-state index contributed by atoms with van der Waals surface area (Å²) in [7, 11) is 1.58. The first kappa shape index (κ1) is 19.3. The van der Waals surface area contributed by atoms with Crippen molar-refractivity contribution in [2.75, 3.05) is 31.5 Å². The highest BCUT2D eigenvalue weighted by molar-refractivity contribution is 6.29. The van der Waals surface area contributed by atoms with Crippen molar-refractivity contribution in [3.63, 3.8) is 0 Å². The summed E-state index contributed by atoms with van der Waals surface area (Å²) in [6.07, 6.45) is 1.79. The number of fused-ring (bicyclic) bond motifs is 1. The lowest BCUT2D eigenvalue weighted by atomic mass is 10.4. The lowest BCUT2D eigenvalue weighted by molar-refractivity contribution is 0.315. The molecule has 0 aliphatic heterocycles. The molecule has 0 spiro atoms. The molecular formula is C16H25ClN6O2. The smallest absolute Gasteiger partial charge is 0.329 e. The van der Waals surface area contributed by atoms with Gasteiger partial charge in [-0.05, 0) is 20.0 Å². The van der Waals surface area contributed by atoms with E-state index in [1.807, 2.05) is 0 Å². The SMILES string of the molecule is CCN(CC)CCNc1nc2c(c(=O)[nH]c(=O)n2C)n1CC=C(C)Cl. The van der Waals surface area contributed by atoms with E-state index in [9.17, 15) is 9.59 Å². The molecule has 0 aliphatic rings. The molecule has 0 fully saturated rings. The number of aromatic nitrogens is 4. The van der Waals surface area contributed by atoms with Gasteiger partial charge in [0.25, 0.3) is 5.56 Å². The lowest BCUT2D eigenvalue weighted by Crippen LogP contribution is -2.29. The van der Waals surface area contributed by atoms with Crippen molar-refractivity contribution in [1.29, 1.82) is 0 Å². The minimum atomic E-state index is -0.485. The van der Waals surface area contributed by atoms with Gasteiger partial charge in [0.2, 0.25) is 5.95 Å². The Labute approximate surface area is 151 Å². The molecule has 0 amide bonds. The number of hydrogen-bond donors (Lipinski definition) is 2. The van der Waals surface area contributed by atoms with Gasteiger partial charge >= 0.3 is 5.69 Å². The summed E-state index contributed by atoms with van der Waals surface area (Å²) in [5, 5.41) is 3.89. The maximum atomic E-state index is 12.3. The zero-order valence-corrected chi connectivity index (χ0v) is 15.9. The summed E-state index contributed by atoms with van der Waals surface area (Å²) in [6, 6.07) is 0. The van der Waals surface area contributed by atoms with E-state index in [0.29, 0.717) is 35.2 Å². The molecule has 138 valence electrons. The predicted molar refractivity (Wildman–Crippen MR) is 101 cm³/mol. The van der Waals surface area contributed by atoms with Crippen LogP contribution in [0.4, 0.5) is 5.95 Å². The van der Waals surface area contributed by atoms with Gasteiger partial charge in [0.15, 0.2) is 11.2 Å². The largest absolute Gasteiger partial charge is 0.354 e. The number of likely N-dealkylation sites (N-methyl/N-ethyl adjacent to an activating group) is 1. The second-order valence-corrected chi connectivity index (χ2v) is 6.38. The Morgan fingerprint density at radius 1 is 1.36 bits per heavy atom. The fourth-order valence-corrected chi connectivity index (χ4v) is 2.70. The van der Waals surface area contributed by atoms with Crippen LogP contribution in [0.2, 0.25) is 0 Å². The molecular weight excluding hydrogens is 344 g/mol. The Morgan fingerprint density at radius 3 is 2.64 bits per heavy atom. The molecule has 0 unspecified atom stereocenters. The monoisotopic (exact) mass is 368 g/mol. The van der Waals surface area contributed by atoms with Gasteiger partial charge in [0.05, 0.1) is 0 Å². The lowest BCUT2D eigenvalue weighted by Gasteiger charge is -2.18. The fourth-order valence-electron chi connectivity index (χ4n) is 2.63. The zero-order chi connectivity index (χ0) is 18.6. The third-order valence-corrected chi connectivity index (χ3v) is 4.32. The van der Waals surface area contributed by atoms with E-state index in [1.54, 1.807) is 24.6 Å². The predicted octanol–water partition coefficient (Wildman–Crippen LogP) is 1.32. The molecule has 0 bridgehead atoms. The normalized spacial score (nSPS) is 12.3. The van der Waals surface area contributed by atoms with E-state index >= 15 is 0 Å². The van der Waals surface area contributed by atoms with E-state index in [4.69, 9.17) is 11.6 Å². The summed E-state index contributed by atoms with van der Waals surface area (Å²) in [4.78, 5) is 33.2. The number of imidazole rings is 1. The molecule has 0 radical (unpaired) electrons. The van der Waals surface area contributed by atoms with Crippen molar-refractivity contribution in [3.05, 3.63) is 31.9 Å². The van der Waals surface area contributed by atoms with Crippen molar-refractivity contribution in [2.24, 2.45) is 7.05 Å². The van der Waals surface area contributed by atoms with Crippen LogP contribution in [0.5, 0.6) is 0 Å². The Morgan fingerprint density at radius 2 is 2.04 bits per heavy atom. The standard InChI is InChI=1S/C16H25ClN6O2/c1-5-22(6-2)10-8-18-15-19-13-12(23(15)9-7-11(3)17)14(24)20-16(25)21(13)4/h7H,5-6,8-10H2,1-4H3,(H,18,19)(H,20,24,25). The maximum absolute atomic E-state index is 12.3. The first-order chi connectivity index (χ1) is 11.9. The van der Waals surface area contributed by atoms with Crippen LogP contribution in [0.15, 0.2) is 20.7 Å². The molecule has 9 heteroatoms. The number of H-pyrrole nitrogens is 1. The highest BCUT2D eigenvalue weighted by Gasteiger charge is 2.16. The van der Waals surface area contributed by atoms with Gasteiger partial charge in [-0.3, -0.25) is 14.3 Å². The zero-order valence-electron chi connectivity index (χ0n) is 15.1. The minimum Gasteiger partial charge on any atom is -0.354 e. The molecule has 2 aromatic rings. The third kappa shape index (κ3) is 4.32. The van der Waals surface area contributed by atoms with Crippen molar-refractivity contribution < 1.29 is 0 Å². The van der Waals surface area contributed by atoms with Crippen molar-refractivity contribution in [2.45, 2.75) is 27.3 Å². The van der Waals surface area contributed by atoms with Crippen LogP contribution < -0.4 is 16.6 Å². The second kappa shape index (κ2) is 8.35. The first-order valence-corrected chi connectivity index (χ1v) is 8.74. The van der Waals surface area contributed by atoms with Gasteiger partial charge in [0, 0.05) is 31.7 Å². The Balaban J connectivity index is 2.43. The molecule has 0 saturated heterocycles. The van der Waals surface area contributed by atoms with E-state index in [2.05, 4.69) is 34.0 Å². The van der Waals surface area contributed by atoms with Gasteiger partial charge in [-0.25, -0.2) is 4.79 Å². The van der Waals surface area contributed by atoms with Gasteiger partial charge in [0.1, 0.15) is 0 Å². The fraction of sp³-hybridized carbons (Fsp3) is 0.562. The molecule has 0 atom stereocenters. The Bertz CT molecular complexity index is 871. The van der Waals surface area contributed by atoms with Crippen molar-refractivity contribution >= 4 is 28.7 Å². The number of rotatable bonds is 8. The summed E-state index contributed by atoms with van der Waals surface area (Å²) >= 11 is 5.94. The Hall–Kier alpha value is -2.06. The van der Waals surface area contributed by atoms with Gasteiger partial charge in [-0.2, -0.15) is 4.98 Å². The van der Waals surface area contributed by atoms with Gasteiger partial charge in [-0.15, -0.1) is 0 Å². The average molecular weight is 369 g/mol.